The SMILES string of the molecule is COc1ccc(NS(=O)(=O)c2ccc(NC(=O)N3CCCC3)cc2)cc1OC. The van der Waals surface area contributed by atoms with E-state index in [1.54, 1.807) is 35.2 Å². The van der Waals surface area contributed by atoms with Gasteiger partial charge in [-0.05, 0) is 49.2 Å². The zero-order chi connectivity index (χ0) is 20.1. The van der Waals surface area contributed by atoms with Crippen molar-refractivity contribution < 1.29 is 22.7 Å². The second-order valence-electron chi connectivity index (χ2n) is 6.32. The number of likely N-dealkylation sites (tertiary alicyclic amines) is 1. The Kier molecular flexibility index (Phi) is 5.93. The van der Waals surface area contributed by atoms with E-state index in [1.807, 2.05) is 0 Å². The maximum Gasteiger partial charge on any atom is 0.321 e. The number of hydrogen-bond acceptors (Lipinski definition) is 5. The van der Waals surface area contributed by atoms with E-state index in [9.17, 15) is 13.2 Å². The molecule has 1 fully saturated rings. The maximum atomic E-state index is 12.6. The van der Waals surface area contributed by atoms with E-state index in [1.165, 1.54) is 26.4 Å². The molecule has 0 bridgehead atoms. The van der Waals surface area contributed by atoms with E-state index in [2.05, 4.69) is 10.0 Å². The Bertz CT molecular complexity index is 939. The van der Waals surface area contributed by atoms with Gasteiger partial charge < -0.3 is 19.7 Å². The van der Waals surface area contributed by atoms with Gasteiger partial charge in [0.15, 0.2) is 11.5 Å². The van der Waals surface area contributed by atoms with Gasteiger partial charge in [0.1, 0.15) is 0 Å². The smallest absolute Gasteiger partial charge is 0.321 e. The quantitative estimate of drug-likeness (QED) is 0.770. The molecule has 1 aliphatic rings. The molecule has 0 aromatic heterocycles. The molecule has 1 saturated heterocycles. The predicted octanol–water partition coefficient (Wildman–Crippen LogP) is 3.13. The van der Waals surface area contributed by atoms with Crippen molar-refractivity contribution in [3.63, 3.8) is 0 Å². The molecule has 150 valence electrons. The lowest BCUT2D eigenvalue weighted by molar-refractivity contribution is 0.222. The third kappa shape index (κ3) is 4.48. The van der Waals surface area contributed by atoms with Crippen LogP contribution >= 0.6 is 0 Å². The van der Waals surface area contributed by atoms with Crippen LogP contribution in [0.5, 0.6) is 11.5 Å². The highest BCUT2D eigenvalue weighted by molar-refractivity contribution is 7.92. The number of carbonyl (C=O) groups excluding carboxylic acids is 1. The molecular formula is C19H23N3O5S. The molecule has 3 rings (SSSR count). The number of nitrogens with zero attached hydrogens (tertiary/aromatic N) is 1. The van der Waals surface area contributed by atoms with Crippen LogP contribution in [0.25, 0.3) is 0 Å². The summed E-state index contributed by atoms with van der Waals surface area (Å²) < 4.78 is 38.1. The summed E-state index contributed by atoms with van der Waals surface area (Å²) in [5, 5.41) is 2.78. The average Bonchev–Trinajstić information content (AvgIpc) is 3.23. The number of sulfonamides is 1. The minimum Gasteiger partial charge on any atom is -0.493 e. The van der Waals surface area contributed by atoms with E-state index in [0.29, 0.717) is 22.9 Å². The highest BCUT2D eigenvalue weighted by Gasteiger charge is 2.19. The molecule has 2 aromatic carbocycles. The third-order valence-electron chi connectivity index (χ3n) is 4.44. The van der Waals surface area contributed by atoms with Gasteiger partial charge in [-0.3, -0.25) is 4.72 Å². The van der Waals surface area contributed by atoms with Crippen LogP contribution in [-0.2, 0) is 10.0 Å². The second kappa shape index (κ2) is 8.39. The first kappa shape index (κ1) is 19.8. The highest BCUT2D eigenvalue weighted by atomic mass is 32.2. The second-order valence-corrected chi connectivity index (χ2v) is 8.01. The number of benzene rings is 2. The first-order valence-electron chi connectivity index (χ1n) is 8.84. The molecule has 2 N–H and O–H groups in total. The van der Waals surface area contributed by atoms with Crippen LogP contribution in [0.2, 0.25) is 0 Å². The number of methoxy groups -OCH3 is 2. The van der Waals surface area contributed by atoms with Crippen molar-refractivity contribution in [2.75, 3.05) is 37.3 Å². The Hall–Kier alpha value is -2.94. The Balaban J connectivity index is 1.70. The van der Waals surface area contributed by atoms with E-state index in [0.717, 1.165) is 25.9 Å². The van der Waals surface area contributed by atoms with Gasteiger partial charge in [-0.25, -0.2) is 13.2 Å². The number of nitrogens with one attached hydrogen (secondary N) is 2. The molecule has 0 spiro atoms. The van der Waals surface area contributed by atoms with E-state index in [4.69, 9.17) is 9.47 Å². The third-order valence-corrected chi connectivity index (χ3v) is 5.84. The van der Waals surface area contributed by atoms with Crippen molar-refractivity contribution in [3.8, 4) is 11.5 Å². The number of ether oxygens (including phenoxy) is 2. The van der Waals surface area contributed by atoms with Crippen molar-refractivity contribution in [1.82, 2.24) is 4.90 Å². The average molecular weight is 405 g/mol. The van der Waals surface area contributed by atoms with Crippen molar-refractivity contribution >= 4 is 27.4 Å². The summed E-state index contributed by atoms with van der Waals surface area (Å²) in [6.45, 7) is 1.49. The number of anilines is 2. The van der Waals surface area contributed by atoms with Crippen molar-refractivity contribution in [3.05, 3.63) is 42.5 Å². The largest absolute Gasteiger partial charge is 0.493 e. The number of urea groups is 1. The molecule has 0 atom stereocenters. The fourth-order valence-corrected chi connectivity index (χ4v) is 4.00. The lowest BCUT2D eigenvalue weighted by atomic mass is 10.3. The predicted molar refractivity (Wildman–Crippen MR) is 107 cm³/mol. The van der Waals surface area contributed by atoms with E-state index in [-0.39, 0.29) is 10.9 Å². The standard InChI is InChI=1S/C19H23N3O5S/c1-26-17-10-7-15(13-18(17)27-2)21-28(24,25)16-8-5-14(6-9-16)20-19(23)22-11-3-4-12-22/h5-10,13,21H,3-4,11-12H2,1-2H3,(H,20,23). The summed E-state index contributed by atoms with van der Waals surface area (Å²) in [4.78, 5) is 13.9. The van der Waals surface area contributed by atoms with E-state index >= 15 is 0 Å². The molecule has 0 saturated carbocycles. The monoisotopic (exact) mass is 405 g/mol. The Morgan fingerprint density at radius 3 is 2.14 bits per heavy atom. The molecule has 0 radical (unpaired) electrons. The van der Waals surface area contributed by atoms with Crippen molar-refractivity contribution in [2.45, 2.75) is 17.7 Å². The summed E-state index contributed by atoms with van der Waals surface area (Å²) in [5.74, 6) is 0.922. The molecule has 8 nitrogen and oxygen atoms in total. The Morgan fingerprint density at radius 2 is 1.54 bits per heavy atom. The fourth-order valence-electron chi connectivity index (χ4n) is 2.95. The van der Waals surface area contributed by atoms with Crippen LogP contribution < -0.4 is 19.5 Å². The zero-order valence-corrected chi connectivity index (χ0v) is 16.6. The summed E-state index contributed by atoms with van der Waals surface area (Å²) in [7, 11) is -0.805. The van der Waals surface area contributed by atoms with Gasteiger partial charge >= 0.3 is 6.03 Å². The highest BCUT2D eigenvalue weighted by Crippen LogP contribution is 2.30. The van der Waals surface area contributed by atoms with Crippen LogP contribution in [0.1, 0.15) is 12.8 Å². The zero-order valence-electron chi connectivity index (χ0n) is 15.8. The molecule has 1 heterocycles. The van der Waals surface area contributed by atoms with Gasteiger partial charge in [0.05, 0.1) is 24.8 Å². The van der Waals surface area contributed by atoms with Gasteiger partial charge in [-0.15, -0.1) is 0 Å². The summed E-state index contributed by atoms with van der Waals surface area (Å²) in [5.41, 5.74) is 0.894. The minimum atomic E-state index is -3.79. The fraction of sp³-hybridized carbons (Fsp3) is 0.316. The molecule has 0 unspecified atom stereocenters. The molecule has 2 aromatic rings. The molecule has 2 amide bonds. The Labute approximate surface area is 164 Å². The maximum absolute atomic E-state index is 12.6. The van der Waals surface area contributed by atoms with Gasteiger partial charge in [0, 0.05) is 24.8 Å². The molecule has 0 aliphatic carbocycles. The summed E-state index contributed by atoms with van der Waals surface area (Å²) in [6.07, 6.45) is 2.01. The number of rotatable bonds is 6. The summed E-state index contributed by atoms with van der Waals surface area (Å²) in [6, 6.07) is 10.6. The number of hydrogen-bond donors (Lipinski definition) is 2. The first-order chi connectivity index (χ1) is 13.4. The van der Waals surface area contributed by atoms with Crippen molar-refractivity contribution in [2.24, 2.45) is 0 Å². The van der Waals surface area contributed by atoms with Crippen LogP contribution in [-0.4, -0.2) is 46.7 Å². The van der Waals surface area contributed by atoms with Crippen LogP contribution in [0, 0.1) is 0 Å². The molecule has 28 heavy (non-hydrogen) atoms. The topological polar surface area (TPSA) is 97.0 Å². The van der Waals surface area contributed by atoms with Crippen LogP contribution in [0.3, 0.4) is 0 Å². The number of amides is 2. The van der Waals surface area contributed by atoms with Gasteiger partial charge in [-0.1, -0.05) is 0 Å². The lowest BCUT2D eigenvalue weighted by Crippen LogP contribution is -2.32. The van der Waals surface area contributed by atoms with Crippen molar-refractivity contribution in [1.29, 1.82) is 0 Å². The Morgan fingerprint density at radius 1 is 0.929 bits per heavy atom. The number of carbonyl (C=O) groups is 1. The molecule has 9 heteroatoms. The molecular weight excluding hydrogens is 382 g/mol. The normalized spacial score (nSPS) is 13.9. The van der Waals surface area contributed by atoms with Crippen LogP contribution in [0.4, 0.5) is 16.2 Å². The summed E-state index contributed by atoms with van der Waals surface area (Å²) >= 11 is 0. The van der Waals surface area contributed by atoms with E-state index < -0.39 is 10.0 Å². The molecule has 1 aliphatic heterocycles. The minimum absolute atomic E-state index is 0.0847. The van der Waals surface area contributed by atoms with Gasteiger partial charge in [0.2, 0.25) is 0 Å². The van der Waals surface area contributed by atoms with Gasteiger partial charge in [-0.2, -0.15) is 0 Å². The van der Waals surface area contributed by atoms with Gasteiger partial charge in [0.25, 0.3) is 10.0 Å². The lowest BCUT2D eigenvalue weighted by Gasteiger charge is -2.16. The van der Waals surface area contributed by atoms with Crippen LogP contribution in [0.15, 0.2) is 47.4 Å². The first-order valence-corrected chi connectivity index (χ1v) is 10.3.